The molecule has 0 spiro atoms. The average molecular weight is 373 g/mol. The summed E-state index contributed by atoms with van der Waals surface area (Å²) >= 11 is 0. The van der Waals surface area contributed by atoms with Crippen molar-refractivity contribution in [2.75, 3.05) is 34.3 Å². The van der Waals surface area contributed by atoms with Crippen LogP contribution >= 0.6 is 0 Å². The molecule has 0 aliphatic heterocycles. The van der Waals surface area contributed by atoms with Crippen LogP contribution in [0.4, 0.5) is 0 Å². The van der Waals surface area contributed by atoms with Gasteiger partial charge < -0.3 is 24.7 Å². The van der Waals surface area contributed by atoms with E-state index in [0.717, 1.165) is 11.3 Å². The Morgan fingerprint density at radius 3 is 2.59 bits per heavy atom. The lowest BCUT2D eigenvalue weighted by Crippen LogP contribution is -2.35. The molecule has 2 amide bonds. The average Bonchev–Trinajstić information content (AvgIpc) is 3.20. The summed E-state index contributed by atoms with van der Waals surface area (Å²) in [5.74, 6) is 0.740. The van der Waals surface area contributed by atoms with Gasteiger partial charge in [0.05, 0.1) is 19.4 Å². The van der Waals surface area contributed by atoms with E-state index in [-0.39, 0.29) is 23.6 Å². The summed E-state index contributed by atoms with van der Waals surface area (Å²) in [6.07, 6.45) is 2.34. The van der Waals surface area contributed by atoms with Crippen molar-refractivity contribution in [3.63, 3.8) is 0 Å². The highest BCUT2D eigenvalue weighted by atomic mass is 16.5. The number of furan rings is 1. The minimum Gasteiger partial charge on any atom is -0.496 e. The van der Waals surface area contributed by atoms with Gasteiger partial charge in [0.25, 0.3) is 5.91 Å². The summed E-state index contributed by atoms with van der Waals surface area (Å²) in [6.45, 7) is 0.890. The van der Waals surface area contributed by atoms with E-state index in [0.29, 0.717) is 25.9 Å². The molecule has 1 atom stereocenters. The zero-order chi connectivity index (χ0) is 19.6. The van der Waals surface area contributed by atoms with Crippen molar-refractivity contribution in [2.45, 2.75) is 18.9 Å². The Balaban J connectivity index is 1.76. The quantitative estimate of drug-likeness (QED) is 0.624. The van der Waals surface area contributed by atoms with Crippen molar-refractivity contribution in [2.24, 2.45) is 0 Å². The van der Waals surface area contributed by atoms with E-state index in [1.807, 2.05) is 43.3 Å². The lowest BCUT2D eigenvalue weighted by atomic mass is 10.0. The number of amides is 2. The predicted molar refractivity (Wildman–Crippen MR) is 103 cm³/mol. The molecule has 2 rings (SSSR count). The number of rotatable bonds is 10. The fraction of sp³-hybridized carbons (Fsp3) is 0.400. The van der Waals surface area contributed by atoms with Crippen molar-refractivity contribution in [3.05, 3.63) is 54.0 Å². The molecule has 0 fully saturated rings. The highest BCUT2D eigenvalue weighted by Gasteiger charge is 2.19. The third kappa shape index (κ3) is 6.14. The van der Waals surface area contributed by atoms with Crippen LogP contribution in [0.1, 0.15) is 35.0 Å². The van der Waals surface area contributed by atoms with Crippen LogP contribution in [0.2, 0.25) is 0 Å². The zero-order valence-corrected chi connectivity index (χ0v) is 16.0. The van der Waals surface area contributed by atoms with Crippen molar-refractivity contribution in [1.29, 1.82) is 0 Å². The highest BCUT2D eigenvalue weighted by molar-refractivity contribution is 5.91. The molecule has 0 bridgehead atoms. The Kier molecular flexibility index (Phi) is 7.88. The first-order valence-electron chi connectivity index (χ1n) is 8.90. The maximum Gasteiger partial charge on any atom is 0.286 e. The summed E-state index contributed by atoms with van der Waals surface area (Å²) in [5, 5.41) is 5.69. The molecule has 7 heteroatoms. The lowest BCUT2D eigenvalue weighted by Gasteiger charge is -2.26. The third-order valence-electron chi connectivity index (χ3n) is 4.22. The van der Waals surface area contributed by atoms with E-state index < -0.39 is 0 Å². The molecule has 1 aromatic heterocycles. The van der Waals surface area contributed by atoms with Crippen LogP contribution < -0.4 is 15.4 Å². The molecule has 0 aliphatic carbocycles. The molecule has 1 aromatic carbocycles. The van der Waals surface area contributed by atoms with E-state index in [4.69, 9.17) is 9.15 Å². The third-order valence-corrected chi connectivity index (χ3v) is 4.22. The summed E-state index contributed by atoms with van der Waals surface area (Å²) in [4.78, 5) is 25.9. The molecule has 27 heavy (non-hydrogen) atoms. The van der Waals surface area contributed by atoms with Gasteiger partial charge in [0.1, 0.15) is 5.75 Å². The second-order valence-corrected chi connectivity index (χ2v) is 6.36. The monoisotopic (exact) mass is 373 g/mol. The molecule has 146 valence electrons. The first-order valence-corrected chi connectivity index (χ1v) is 8.90. The number of carbonyl (C=O) groups excluding carboxylic acids is 2. The van der Waals surface area contributed by atoms with Crippen LogP contribution in [0, 0.1) is 0 Å². The molecule has 0 aliphatic rings. The van der Waals surface area contributed by atoms with E-state index in [1.54, 1.807) is 19.2 Å². The predicted octanol–water partition coefficient (Wildman–Crippen LogP) is 2.22. The largest absolute Gasteiger partial charge is 0.496 e. The van der Waals surface area contributed by atoms with Crippen LogP contribution in [-0.2, 0) is 4.79 Å². The Morgan fingerprint density at radius 1 is 1.15 bits per heavy atom. The Bertz CT molecular complexity index is 729. The van der Waals surface area contributed by atoms with E-state index in [2.05, 4.69) is 10.6 Å². The zero-order valence-electron chi connectivity index (χ0n) is 16.0. The maximum absolute atomic E-state index is 12.1. The minimum atomic E-state index is -0.274. The molecule has 2 aromatic rings. The number of nitrogens with one attached hydrogen (secondary N) is 2. The van der Waals surface area contributed by atoms with Crippen molar-refractivity contribution in [3.8, 4) is 5.75 Å². The van der Waals surface area contributed by atoms with Gasteiger partial charge in [0.15, 0.2) is 5.76 Å². The van der Waals surface area contributed by atoms with Crippen molar-refractivity contribution < 1.29 is 18.7 Å². The molecule has 2 N–H and O–H groups in total. The fourth-order valence-electron chi connectivity index (χ4n) is 2.76. The highest BCUT2D eigenvalue weighted by Crippen LogP contribution is 2.27. The lowest BCUT2D eigenvalue weighted by molar-refractivity contribution is -0.121. The molecule has 0 radical (unpaired) electrons. The summed E-state index contributed by atoms with van der Waals surface area (Å²) in [5.41, 5.74) is 1.02. The van der Waals surface area contributed by atoms with Gasteiger partial charge in [-0.1, -0.05) is 18.2 Å². The molecular formula is C20H27N3O4. The summed E-state index contributed by atoms with van der Waals surface area (Å²) < 4.78 is 10.4. The van der Waals surface area contributed by atoms with Crippen molar-refractivity contribution in [1.82, 2.24) is 15.5 Å². The number of para-hydroxylation sites is 1. The van der Waals surface area contributed by atoms with Gasteiger partial charge in [0, 0.05) is 25.1 Å². The molecule has 1 heterocycles. The second kappa shape index (κ2) is 10.4. The fourth-order valence-corrected chi connectivity index (χ4v) is 2.76. The molecule has 7 nitrogen and oxygen atoms in total. The number of likely N-dealkylation sites (N-methyl/N-ethyl adjacent to an activating group) is 1. The first kappa shape index (κ1) is 20.5. The van der Waals surface area contributed by atoms with Gasteiger partial charge in [-0.05, 0) is 38.7 Å². The number of nitrogens with zero attached hydrogens (tertiary/aromatic N) is 1. The van der Waals surface area contributed by atoms with Crippen LogP contribution in [0.3, 0.4) is 0 Å². The van der Waals surface area contributed by atoms with Crippen LogP contribution in [0.5, 0.6) is 5.75 Å². The molecule has 0 saturated carbocycles. The van der Waals surface area contributed by atoms with Crippen molar-refractivity contribution >= 4 is 11.8 Å². The molecule has 1 unspecified atom stereocenters. The first-order chi connectivity index (χ1) is 13.0. The maximum atomic E-state index is 12.1. The number of hydrogen-bond acceptors (Lipinski definition) is 5. The van der Waals surface area contributed by atoms with Gasteiger partial charge in [-0.2, -0.15) is 0 Å². The number of carbonyl (C=O) groups is 2. The topological polar surface area (TPSA) is 83.8 Å². The normalized spacial score (nSPS) is 11.9. The Hall–Kier alpha value is -2.80. The summed E-state index contributed by atoms with van der Waals surface area (Å²) in [7, 11) is 5.57. The Morgan fingerprint density at radius 2 is 1.93 bits per heavy atom. The van der Waals surface area contributed by atoms with Gasteiger partial charge in [-0.3, -0.25) is 9.59 Å². The summed E-state index contributed by atoms with van der Waals surface area (Å²) in [6, 6.07) is 11.0. The van der Waals surface area contributed by atoms with Gasteiger partial charge in [0.2, 0.25) is 5.91 Å². The van der Waals surface area contributed by atoms with Crippen LogP contribution in [-0.4, -0.2) is 51.0 Å². The van der Waals surface area contributed by atoms with E-state index in [9.17, 15) is 9.59 Å². The number of methoxy groups -OCH3 is 1. The number of ether oxygens (including phenoxy) is 1. The SMILES string of the molecule is COc1ccccc1C(CNC(=O)CCCNC(=O)c1ccco1)N(C)C. The van der Waals surface area contributed by atoms with E-state index >= 15 is 0 Å². The smallest absolute Gasteiger partial charge is 0.286 e. The van der Waals surface area contributed by atoms with E-state index in [1.165, 1.54) is 6.26 Å². The van der Waals surface area contributed by atoms with Crippen LogP contribution in [0.15, 0.2) is 47.1 Å². The molecule has 0 saturated heterocycles. The Labute approximate surface area is 159 Å². The number of benzene rings is 1. The van der Waals surface area contributed by atoms with Gasteiger partial charge in [-0.25, -0.2) is 0 Å². The van der Waals surface area contributed by atoms with Gasteiger partial charge >= 0.3 is 0 Å². The number of hydrogen-bond donors (Lipinski definition) is 2. The molecular weight excluding hydrogens is 346 g/mol. The standard InChI is InChI=1S/C20H27N3O4/c1-23(2)16(15-8-4-5-9-17(15)26-3)14-22-19(24)11-6-12-21-20(25)18-10-7-13-27-18/h4-5,7-10,13,16H,6,11-12,14H2,1-3H3,(H,21,25)(H,22,24). The second-order valence-electron chi connectivity index (χ2n) is 6.36. The van der Waals surface area contributed by atoms with Crippen LogP contribution in [0.25, 0.3) is 0 Å². The minimum absolute atomic E-state index is 0.00348. The van der Waals surface area contributed by atoms with Gasteiger partial charge in [-0.15, -0.1) is 0 Å².